The molecule has 448 valence electrons. The summed E-state index contributed by atoms with van der Waals surface area (Å²) in [5.41, 5.74) is 5.71. The van der Waals surface area contributed by atoms with E-state index in [0.29, 0.717) is 38.3 Å². The standard InChI is InChI=1S/C35H45N7O9.C20H34N6O5/c1-35(2,3)51-34(48)41-20-18-40(19-21-41)33(47)42-27(28(43)36-4)26(29(42)44)16-11-17-37-30(38-31(45)49-22-24-12-7-5-8-13-24)39-32(46)50-23-25-14-9-6-10-15-25;1-13(21)23-8-6-7-14-15(16(27)22-5)26(17(14)28)18(29)24-9-11-25(12-10-24)19(30)31-20(2,3)4/h5-10,12-15,26-27H,11,16-23H2,1-4H3,(H,36,43)(H2,37,38,39,45,46);14-15,23H,1,6-12,21H2,2-5H3,(H,22,27)/t26-,27?;14-,15?/m11/s1. The smallest absolute Gasteiger partial charge is 0.414 e. The Morgan fingerprint density at radius 1 is 0.585 bits per heavy atom. The Morgan fingerprint density at radius 3 is 1.30 bits per heavy atom. The molecule has 4 aliphatic heterocycles. The lowest BCUT2D eigenvalue weighted by Crippen LogP contribution is -2.70. The number of nitrogens with one attached hydrogen (secondary N) is 5. The molecule has 0 aliphatic carbocycles. The average Bonchev–Trinajstić information content (AvgIpc) is 3.18. The number of hydrogen-bond donors (Lipinski definition) is 6. The van der Waals surface area contributed by atoms with Crippen LogP contribution >= 0.6 is 0 Å². The average molecular weight is 1150 g/mol. The van der Waals surface area contributed by atoms with Gasteiger partial charge in [-0.1, -0.05) is 67.2 Å². The highest BCUT2D eigenvalue weighted by molar-refractivity contribution is 6.10. The van der Waals surface area contributed by atoms with E-state index in [1.54, 1.807) is 90.1 Å². The maximum atomic E-state index is 13.4. The van der Waals surface area contributed by atoms with Gasteiger partial charge in [0.1, 0.15) is 36.5 Å². The van der Waals surface area contributed by atoms with E-state index in [-0.39, 0.29) is 89.6 Å². The molecule has 0 bridgehead atoms. The highest BCUT2D eigenvalue weighted by atomic mass is 16.6. The second kappa shape index (κ2) is 29.7. The van der Waals surface area contributed by atoms with Gasteiger partial charge in [-0.25, -0.2) is 28.8 Å². The van der Waals surface area contributed by atoms with Gasteiger partial charge >= 0.3 is 36.4 Å². The summed E-state index contributed by atoms with van der Waals surface area (Å²) in [6.07, 6.45) is -1.12. The number of β-lactam (4-membered cyclic amide) rings is 2. The Morgan fingerprint density at radius 2 is 0.951 bits per heavy atom. The van der Waals surface area contributed by atoms with Crippen LogP contribution in [0, 0.1) is 11.8 Å². The van der Waals surface area contributed by atoms with Crippen LogP contribution in [0.3, 0.4) is 0 Å². The lowest BCUT2D eigenvalue weighted by Gasteiger charge is -2.47. The Labute approximate surface area is 477 Å². The number of nitrogens with zero attached hydrogens (tertiary/aromatic N) is 7. The molecule has 2 aromatic rings. The van der Waals surface area contributed by atoms with E-state index in [0.717, 1.165) is 20.9 Å². The Kier molecular flexibility index (Phi) is 23.2. The first-order chi connectivity index (χ1) is 38.8. The van der Waals surface area contributed by atoms with Gasteiger partial charge in [-0.15, -0.1) is 0 Å². The molecule has 2 aromatic carbocycles. The molecule has 4 aliphatic rings. The summed E-state index contributed by atoms with van der Waals surface area (Å²) in [6, 6.07) is 15.1. The van der Waals surface area contributed by atoms with Gasteiger partial charge < -0.3 is 60.2 Å². The number of urea groups is 2. The highest BCUT2D eigenvalue weighted by Gasteiger charge is 2.56. The van der Waals surface area contributed by atoms with E-state index in [9.17, 15) is 47.9 Å². The van der Waals surface area contributed by atoms with Crippen molar-refractivity contribution in [3.63, 3.8) is 0 Å². The van der Waals surface area contributed by atoms with Gasteiger partial charge in [0.15, 0.2) is 0 Å². The number of piperazine rings is 2. The number of aliphatic imine (C=N–C) groups is 1. The molecule has 2 unspecified atom stereocenters. The summed E-state index contributed by atoms with van der Waals surface area (Å²) < 4.78 is 21.3. The fourth-order valence-corrected chi connectivity index (χ4v) is 9.00. The molecule has 27 nitrogen and oxygen atoms in total. The van der Waals surface area contributed by atoms with E-state index in [1.807, 2.05) is 12.1 Å². The van der Waals surface area contributed by atoms with Crippen LogP contribution in [0.2, 0.25) is 0 Å². The van der Waals surface area contributed by atoms with Gasteiger partial charge in [0, 0.05) is 79.5 Å². The van der Waals surface area contributed by atoms with Gasteiger partial charge in [0.05, 0.1) is 17.7 Å². The van der Waals surface area contributed by atoms with Crippen LogP contribution in [0.4, 0.5) is 28.8 Å². The van der Waals surface area contributed by atoms with Crippen molar-refractivity contribution in [3.8, 4) is 0 Å². The molecule has 4 heterocycles. The summed E-state index contributed by atoms with van der Waals surface area (Å²) in [5, 5.41) is 12.8. The van der Waals surface area contributed by atoms with E-state index in [1.165, 1.54) is 33.7 Å². The molecular formula is C55H79N13O14. The summed E-state index contributed by atoms with van der Waals surface area (Å²) >= 11 is 0. The van der Waals surface area contributed by atoms with Crippen molar-refractivity contribution >= 4 is 66.0 Å². The van der Waals surface area contributed by atoms with Crippen LogP contribution in [0.5, 0.6) is 0 Å². The summed E-state index contributed by atoms with van der Waals surface area (Å²) in [5.74, 6) is -2.96. The number of amides is 12. The van der Waals surface area contributed by atoms with Crippen molar-refractivity contribution < 1.29 is 66.9 Å². The number of likely N-dealkylation sites (N-methyl/N-ethyl adjacent to an activating group) is 2. The van der Waals surface area contributed by atoms with Crippen molar-refractivity contribution in [3.05, 3.63) is 84.2 Å². The molecule has 4 saturated heterocycles. The number of guanidine groups is 1. The molecule has 12 amide bonds. The predicted molar refractivity (Wildman–Crippen MR) is 298 cm³/mol. The molecule has 27 heteroatoms. The van der Waals surface area contributed by atoms with Crippen molar-refractivity contribution in [2.45, 2.75) is 104 Å². The second-order valence-corrected chi connectivity index (χ2v) is 21.6. The third kappa shape index (κ3) is 18.7. The number of carbonyl (C=O) groups is 10. The monoisotopic (exact) mass is 1150 g/mol. The fourth-order valence-electron chi connectivity index (χ4n) is 9.00. The Balaban J connectivity index is 0.000000340. The number of rotatable bonds is 15. The molecule has 0 aromatic heterocycles. The molecule has 0 radical (unpaired) electrons. The summed E-state index contributed by atoms with van der Waals surface area (Å²) in [7, 11) is 2.90. The van der Waals surface area contributed by atoms with E-state index < -0.39 is 83.4 Å². The van der Waals surface area contributed by atoms with Gasteiger partial charge in [0.25, 0.3) is 0 Å². The van der Waals surface area contributed by atoms with Crippen LogP contribution in [0.15, 0.2) is 78.1 Å². The molecular weight excluding hydrogens is 1070 g/mol. The van der Waals surface area contributed by atoms with Crippen LogP contribution in [0.25, 0.3) is 0 Å². The largest absolute Gasteiger partial charge is 0.444 e. The minimum Gasteiger partial charge on any atom is -0.444 e. The second-order valence-electron chi connectivity index (χ2n) is 21.6. The number of ether oxygens (including phenoxy) is 4. The van der Waals surface area contributed by atoms with Crippen LogP contribution in [-0.4, -0.2) is 198 Å². The topological polar surface area (TPSA) is 326 Å². The van der Waals surface area contributed by atoms with Gasteiger partial charge in [-0.3, -0.25) is 44.6 Å². The third-order valence-corrected chi connectivity index (χ3v) is 13.1. The Bertz CT molecular complexity index is 2570. The van der Waals surface area contributed by atoms with Crippen molar-refractivity contribution in [2.24, 2.45) is 22.6 Å². The molecule has 4 atom stereocenters. The highest BCUT2D eigenvalue weighted by Crippen LogP contribution is 2.34. The van der Waals surface area contributed by atoms with Crippen molar-refractivity contribution in [2.75, 3.05) is 79.5 Å². The van der Waals surface area contributed by atoms with E-state index in [2.05, 4.69) is 38.2 Å². The molecule has 4 fully saturated rings. The molecule has 0 spiro atoms. The number of nitrogens with two attached hydrogens (primary N) is 1. The minimum absolute atomic E-state index is 0.0161. The number of carbonyl (C=O) groups excluding carboxylic acids is 10. The SMILES string of the molecule is C=C(N)NCCC[C@H]1C(=O)N(C(=O)N2CCN(C(=O)OC(C)(C)C)CC2)C1C(=O)NC.CNC(=O)C1[C@@H](CCCN=C(NC(=O)OCc2ccccc2)NC(=O)OCc2ccccc2)C(=O)N1C(=O)N1CCN(C(=O)OC(C)(C)C)CC1. The van der Waals surface area contributed by atoms with Gasteiger partial charge in [-0.05, 0) is 78.4 Å². The number of hydrogen-bond acceptors (Lipinski definition) is 17. The maximum absolute atomic E-state index is 13.4. The first-order valence-corrected chi connectivity index (χ1v) is 27.1. The first-order valence-electron chi connectivity index (χ1n) is 27.1. The quantitative estimate of drug-likeness (QED) is 0.0490. The van der Waals surface area contributed by atoms with Gasteiger partial charge in [0.2, 0.25) is 29.6 Å². The third-order valence-electron chi connectivity index (χ3n) is 13.1. The van der Waals surface area contributed by atoms with E-state index >= 15 is 0 Å². The van der Waals surface area contributed by atoms with Crippen LogP contribution in [-0.2, 0) is 51.3 Å². The zero-order chi connectivity index (χ0) is 60.3. The first kappa shape index (κ1) is 64.2. The molecule has 82 heavy (non-hydrogen) atoms. The lowest BCUT2D eigenvalue weighted by atomic mass is 9.83. The predicted octanol–water partition coefficient (Wildman–Crippen LogP) is 3.25. The van der Waals surface area contributed by atoms with Crippen LogP contribution < -0.4 is 32.3 Å². The zero-order valence-corrected chi connectivity index (χ0v) is 48.0. The Hall–Kier alpha value is -8.65. The fraction of sp³-hybridized carbons (Fsp3) is 0.545. The number of benzene rings is 2. The normalized spacial score (nSPS) is 18.6. The van der Waals surface area contributed by atoms with Crippen molar-refractivity contribution in [1.29, 1.82) is 0 Å². The lowest BCUT2D eigenvalue weighted by molar-refractivity contribution is -0.159. The minimum atomic E-state index is -1.03. The zero-order valence-electron chi connectivity index (χ0n) is 48.0. The van der Waals surface area contributed by atoms with E-state index in [4.69, 9.17) is 24.7 Å². The molecule has 7 N–H and O–H groups in total. The number of likely N-dealkylation sites (tertiary alicyclic amines) is 2. The van der Waals surface area contributed by atoms with Crippen molar-refractivity contribution in [1.82, 2.24) is 56.0 Å². The number of alkyl carbamates (subject to hydrolysis) is 2. The summed E-state index contributed by atoms with van der Waals surface area (Å²) in [6.45, 7) is 16.6. The maximum Gasteiger partial charge on any atom is 0.414 e. The van der Waals surface area contributed by atoms with Gasteiger partial charge in [-0.2, -0.15) is 0 Å². The molecule has 6 rings (SSSR count). The van der Waals surface area contributed by atoms with Crippen LogP contribution in [0.1, 0.15) is 78.4 Å². The summed E-state index contributed by atoms with van der Waals surface area (Å²) in [4.78, 5) is 139. The molecule has 0 saturated carbocycles. The number of imide groups is 2.